The van der Waals surface area contributed by atoms with Crippen molar-refractivity contribution in [3.8, 4) is 0 Å². The summed E-state index contributed by atoms with van der Waals surface area (Å²) >= 11 is 0. The van der Waals surface area contributed by atoms with Crippen LogP contribution in [0, 0.1) is 0 Å². The van der Waals surface area contributed by atoms with Crippen LogP contribution in [0.1, 0.15) is 0 Å². The van der Waals surface area contributed by atoms with Crippen molar-refractivity contribution >= 4 is 5.91 Å². The van der Waals surface area contributed by atoms with Crippen LogP contribution in [0.4, 0.5) is 0 Å². The van der Waals surface area contributed by atoms with Crippen LogP contribution in [0.25, 0.3) is 0 Å². The Balaban J connectivity index is 3.04. The third-order valence-corrected chi connectivity index (χ3v) is 0.962. The first kappa shape index (κ1) is 10.3. The summed E-state index contributed by atoms with van der Waals surface area (Å²) in [6.45, 7) is 1.17. The molecule has 0 aromatic heterocycles. The predicted molar refractivity (Wildman–Crippen MR) is 39.9 cm³/mol. The Morgan fingerprint density at radius 2 is 2.36 bits per heavy atom. The zero-order valence-electron chi connectivity index (χ0n) is 6.63. The number of ether oxygens (including phenoxy) is 2. The molecule has 0 aliphatic rings. The number of amides is 1. The molecule has 5 heteroatoms. The summed E-state index contributed by atoms with van der Waals surface area (Å²) in [5.41, 5.74) is 5.04. The fourth-order valence-electron chi connectivity index (χ4n) is 0.528. The van der Waals surface area contributed by atoms with Crippen LogP contribution in [0.15, 0.2) is 0 Å². The molecule has 0 heterocycles. The summed E-state index contributed by atoms with van der Waals surface area (Å²) in [6.07, 6.45) is 0. The standard InChI is InChI=1S/C6H14N2O3/c1-10-4-6(9)8-2-3-11-5-7/h2-5,7H2,1H3,(H,8,9). The molecule has 0 saturated carbocycles. The van der Waals surface area contributed by atoms with E-state index in [0.717, 1.165) is 0 Å². The van der Waals surface area contributed by atoms with E-state index in [1.54, 1.807) is 0 Å². The second-order valence-electron chi connectivity index (χ2n) is 1.86. The van der Waals surface area contributed by atoms with Crippen molar-refractivity contribution in [2.45, 2.75) is 0 Å². The predicted octanol–water partition coefficient (Wildman–Crippen LogP) is -1.32. The van der Waals surface area contributed by atoms with Gasteiger partial charge in [-0.25, -0.2) is 0 Å². The number of rotatable bonds is 6. The molecule has 0 bridgehead atoms. The Labute approximate surface area is 65.8 Å². The number of hydrogen-bond donors (Lipinski definition) is 2. The van der Waals surface area contributed by atoms with Gasteiger partial charge in [-0.15, -0.1) is 0 Å². The average Bonchev–Trinajstić information content (AvgIpc) is 1.99. The van der Waals surface area contributed by atoms with Crippen LogP contribution < -0.4 is 11.1 Å². The van der Waals surface area contributed by atoms with E-state index in [4.69, 9.17) is 10.5 Å². The Hall–Kier alpha value is -0.650. The van der Waals surface area contributed by atoms with Crippen molar-refractivity contribution in [3.63, 3.8) is 0 Å². The van der Waals surface area contributed by atoms with Gasteiger partial charge in [0.15, 0.2) is 0 Å². The fraction of sp³-hybridized carbons (Fsp3) is 0.833. The highest BCUT2D eigenvalue weighted by atomic mass is 16.5. The van der Waals surface area contributed by atoms with Crippen LogP contribution in [0.3, 0.4) is 0 Å². The van der Waals surface area contributed by atoms with E-state index in [9.17, 15) is 4.79 Å². The third-order valence-electron chi connectivity index (χ3n) is 0.962. The number of nitrogens with two attached hydrogens (primary N) is 1. The van der Waals surface area contributed by atoms with Gasteiger partial charge in [-0.05, 0) is 0 Å². The molecule has 0 fully saturated rings. The maximum Gasteiger partial charge on any atom is 0.246 e. The number of carbonyl (C=O) groups excluding carboxylic acids is 1. The van der Waals surface area contributed by atoms with Gasteiger partial charge in [0.05, 0.1) is 13.3 Å². The lowest BCUT2D eigenvalue weighted by Gasteiger charge is -2.03. The number of methoxy groups -OCH3 is 1. The monoisotopic (exact) mass is 162 g/mol. The third kappa shape index (κ3) is 7.24. The zero-order valence-corrected chi connectivity index (χ0v) is 6.63. The molecular formula is C6H14N2O3. The lowest BCUT2D eigenvalue weighted by atomic mass is 10.6. The molecule has 0 aliphatic carbocycles. The second kappa shape index (κ2) is 7.46. The van der Waals surface area contributed by atoms with Crippen LogP contribution in [0.5, 0.6) is 0 Å². The minimum absolute atomic E-state index is 0.0859. The minimum atomic E-state index is -0.145. The maximum atomic E-state index is 10.7. The molecule has 0 saturated heterocycles. The van der Waals surface area contributed by atoms with Crippen molar-refractivity contribution in [2.75, 3.05) is 33.6 Å². The summed E-state index contributed by atoms with van der Waals surface area (Å²) in [6, 6.07) is 0. The second-order valence-corrected chi connectivity index (χ2v) is 1.86. The van der Waals surface area contributed by atoms with E-state index >= 15 is 0 Å². The van der Waals surface area contributed by atoms with Crippen LogP contribution in [-0.2, 0) is 14.3 Å². The topological polar surface area (TPSA) is 73.6 Å². The minimum Gasteiger partial charge on any atom is -0.375 e. The van der Waals surface area contributed by atoms with Gasteiger partial charge >= 0.3 is 0 Å². The van der Waals surface area contributed by atoms with Crippen molar-refractivity contribution in [3.05, 3.63) is 0 Å². The maximum absolute atomic E-state index is 10.7. The first-order valence-electron chi connectivity index (χ1n) is 3.34. The molecule has 3 N–H and O–H groups in total. The van der Waals surface area contributed by atoms with E-state index in [2.05, 4.69) is 10.1 Å². The molecule has 5 nitrogen and oxygen atoms in total. The van der Waals surface area contributed by atoms with Gasteiger partial charge in [0.25, 0.3) is 0 Å². The number of hydrogen-bond acceptors (Lipinski definition) is 4. The summed E-state index contributed by atoms with van der Waals surface area (Å²) in [4.78, 5) is 10.7. The van der Waals surface area contributed by atoms with E-state index in [0.29, 0.717) is 13.2 Å². The smallest absolute Gasteiger partial charge is 0.246 e. The quantitative estimate of drug-likeness (QED) is 0.375. The highest BCUT2D eigenvalue weighted by molar-refractivity contribution is 5.77. The highest BCUT2D eigenvalue weighted by Gasteiger charge is 1.96. The molecule has 0 spiro atoms. The summed E-state index contributed by atoms with van der Waals surface area (Å²) < 4.78 is 9.37. The molecule has 11 heavy (non-hydrogen) atoms. The summed E-state index contributed by atoms with van der Waals surface area (Å²) in [7, 11) is 1.47. The van der Waals surface area contributed by atoms with Gasteiger partial charge in [0, 0.05) is 13.7 Å². The normalized spacial score (nSPS) is 9.64. The lowest BCUT2D eigenvalue weighted by Crippen LogP contribution is -2.30. The number of nitrogens with one attached hydrogen (secondary N) is 1. The molecule has 0 unspecified atom stereocenters. The highest BCUT2D eigenvalue weighted by Crippen LogP contribution is 1.70. The Morgan fingerprint density at radius 3 is 2.91 bits per heavy atom. The molecular weight excluding hydrogens is 148 g/mol. The van der Waals surface area contributed by atoms with Crippen LogP contribution in [0.2, 0.25) is 0 Å². The van der Waals surface area contributed by atoms with Gasteiger partial charge in [-0.1, -0.05) is 0 Å². The molecule has 1 amide bonds. The van der Waals surface area contributed by atoms with Crippen molar-refractivity contribution < 1.29 is 14.3 Å². The first-order chi connectivity index (χ1) is 5.31. The molecule has 0 atom stereocenters. The molecule has 0 rings (SSSR count). The number of carbonyl (C=O) groups is 1. The van der Waals surface area contributed by atoms with E-state index in [1.807, 2.05) is 0 Å². The Morgan fingerprint density at radius 1 is 1.64 bits per heavy atom. The Bertz CT molecular complexity index is 108. The van der Waals surface area contributed by atoms with Gasteiger partial charge < -0.3 is 20.5 Å². The molecule has 0 aliphatic heterocycles. The van der Waals surface area contributed by atoms with Crippen molar-refractivity contribution in [1.29, 1.82) is 0 Å². The van der Waals surface area contributed by atoms with E-state index in [-0.39, 0.29) is 19.2 Å². The van der Waals surface area contributed by atoms with Crippen LogP contribution in [-0.4, -0.2) is 39.5 Å². The van der Waals surface area contributed by atoms with Gasteiger partial charge in [-0.2, -0.15) is 0 Å². The average molecular weight is 162 g/mol. The summed E-state index contributed by atoms with van der Waals surface area (Å²) in [5.74, 6) is -0.145. The zero-order chi connectivity index (χ0) is 8.53. The molecule has 0 aromatic carbocycles. The largest absolute Gasteiger partial charge is 0.375 e. The van der Waals surface area contributed by atoms with Gasteiger partial charge in [-0.3, -0.25) is 4.79 Å². The summed E-state index contributed by atoms with van der Waals surface area (Å²) in [5, 5.41) is 2.57. The van der Waals surface area contributed by atoms with E-state index < -0.39 is 0 Å². The van der Waals surface area contributed by atoms with Gasteiger partial charge in [0.2, 0.25) is 5.91 Å². The Kier molecular flexibility index (Phi) is 7.02. The SMILES string of the molecule is COCC(=O)NCCOCN. The molecule has 0 aromatic rings. The van der Waals surface area contributed by atoms with Crippen molar-refractivity contribution in [1.82, 2.24) is 5.32 Å². The fourth-order valence-corrected chi connectivity index (χ4v) is 0.528. The van der Waals surface area contributed by atoms with Gasteiger partial charge in [0.1, 0.15) is 6.61 Å². The first-order valence-corrected chi connectivity index (χ1v) is 3.34. The van der Waals surface area contributed by atoms with Crippen LogP contribution >= 0.6 is 0 Å². The lowest BCUT2D eigenvalue weighted by molar-refractivity contribution is -0.124. The molecule has 66 valence electrons. The molecule has 0 radical (unpaired) electrons. The van der Waals surface area contributed by atoms with E-state index in [1.165, 1.54) is 7.11 Å². The van der Waals surface area contributed by atoms with Crippen molar-refractivity contribution in [2.24, 2.45) is 5.73 Å².